The molecule has 6 nitrogen and oxygen atoms in total. The normalized spacial score (nSPS) is 10.2. The summed E-state index contributed by atoms with van der Waals surface area (Å²) in [5.41, 5.74) is 1.57. The summed E-state index contributed by atoms with van der Waals surface area (Å²) in [6, 6.07) is 16.9. The molecule has 3 aromatic rings. The zero-order chi connectivity index (χ0) is 20.1. The van der Waals surface area contributed by atoms with Crippen LogP contribution in [0.4, 0.5) is 11.4 Å². The number of Topliss-reactive ketones (excluding diaryl/α,β-unsaturated/α-hetero) is 1. The minimum atomic E-state index is -0.302. The van der Waals surface area contributed by atoms with E-state index in [1.54, 1.807) is 54.6 Å². The molecule has 2 amide bonds. The smallest absolute Gasteiger partial charge is 0.265 e. The van der Waals surface area contributed by atoms with Crippen LogP contribution in [0.1, 0.15) is 36.6 Å². The van der Waals surface area contributed by atoms with Gasteiger partial charge >= 0.3 is 0 Å². The zero-order valence-electron chi connectivity index (χ0n) is 15.3. The van der Waals surface area contributed by atoms with Crippen LogP contribution < -0.4 is 15.4 Å². The van der Waals surface area contributed by atoms with E-state index < -0.39 is 0 Å². The lowest BCUT2D eigenvalue weighted by Gasteiger charge is -2.10. The minimum Gasteiger partial charge on any atom is -0.495 e. The Morgan fingerprint density at radius 1 is 0.821 bits per heavy atom. The molecule has 2 N–H and O–H groups in total. The number of hydrogen-bond donors (Lipinski definition) is 2. The summed E-state index contributed by atoms with van der Waals surface area (Å²) in [6.45, 7) is 1.46. The van der Waals surface area contributed by atoms with Gasteiger partial charge < -0.3 is 15.4 Å². The maximum absolute atomic E-state index is 12.4. The molecule has 0 aliphatic heterocycles. The summed E-state index contributed by atoms with van der Waals surface area (Å²) < 4.78 is 5.22. The van der Waals surface area contributed by atoms with E-state index in [1.165, 1.54) is 14.0 Å². The number of para-hydroxylation sites is 2. The molecule has 0 fully saturated rings. The van der Waals surface area contributed by atoms with Crippen LogP contribution in [0.25, 0.3) is 0 Å². The number of ketones is 1. The second kappa shape index (κ2) is 8.49. The van der Waals surface area contributed by atoms with Gasteiger partial charge in [-0.25, -0.2) is 0 Å². The Morgan fingerprint density at radius 3 is 2.14 bits per heavy atom. The molecule has 0 bridgehead atoms. The Bertz CT molecular complexity index is 1020. The van der Waals surface area contributed by atoms with E-state index in [1.807, 2.05) is 6.07 Å². The standard InChI is InChI=1S/C21H18N2O4S/c1-13(24)18-11-12-19(28-18)21(26)22-15-9-7-14(8-10-15)20(25)23-16-5-3-4-6-17(16)27-2/h3-12H,1-2H3,(H,22,26)(H,23,25). The van der Waals surface area contributed by atoms with Crippen LogP contribution in [0, 0.1) is 0 Å². The van der Waals surface area contributed by atoms with Gasteiger partial charge in [0.05, 0.1) is 22.6 Å². The van der Waals surface area contributed by atoms with E-state index in [2.05, 4.69) is 10.6 Å². The summed E-state index contributed by atoms with van der Waals surface area (Å²) in [7, 11) is 1.54. The maximum atomic E-state index is 12.4. The number of thiophene rings is 1. The number of ether oxygens (including phenoxy) is 1. The Hall–Kier alpha value is -3.45. The third-order valence-corrected chi connectivity index (χ3v) is 5.12. The van der Waals surface area contributed by atoms with Crippen LogP contribution in [0.3, 0.4) is 0 Å². The van der Waals surface area contributed by atoms with E-state index in [9.17, 15) is 14.4 Å². The molecule has 3 rings (SSSR count). The van der Waals surface area contributed by atoms with E-state index in [4.69, 9.17) is 4.74 Å². The second-order valence-corrected chi connectivity index (χ2v) is 6.99. The predicted molar refractivity (Wildman–Crippen MR) is 110 cm³/mol. The molecule has 1 heterocycles. The molecule has 1 aromatic heterocycles. The lowest BCUT2D eigenvalue weighted by molar-refractivity contribution is 0.101. The summed E-state index contributed by atoms with van der Waals surface area (Å²) in [5.74, 6) is -0.0921. The van der Waals surface area contributed by atoms with Crippen molar-refractivity contribution in [2.75, 3.05) is 17.7 Å². The summed E-state index contributed by atoms with van der Waals surface area (Å²) in [5, 5.41) is 5.55. The van der Waals surface area contributed by atoms with Gasteiger partial charge in [-0.3, -0.25) is 14.4 Å². The lowest BCUT2D eigenvalue weighted by atomic mass is 10.2. The number of carbonyl (C=O) groups is 3. The van der Waals surface area contributed by atoms with Crippen molar-refractivity contribution in [2.45, 2.75) is 6.92 Å². The van der Waals surface area contributed by atoms with Gasteiger partial charge in [-0.1, -0.05) is 12.1 Å². The SMILES string of the molecule is COc1ccccc1NC(=O)c1ccc(NC(=O)c2ccc(C(C)=O)s2)cc1. The first-order chi connectivity index (χ1) is 13.5. The number of amides is 2. The van der Waals surface area contributed by atoms with Crippen molar-refractivity contribution >= 4 is 40.3 Å². The molecule has 0 saturated carbocycles. The molecule has 7 heteroatoms. The highest BCUT2D eigenvalue weighted by molar-refractivity contribution is 7.16. The van der Waals surface area contributed by atoms with E-state index >= 15 is 0 Å². The third kappa shape index (κ3) is 4.44. The highest BCUT2D eigenvalue weighted by atomic mass is 32.1. The zero-order valence-corrected chi connectivity index (χ0v) is 16.1. The van der Waals surface area contributed by atoms with Crippen molar-refractivity contribution in [1.29, 1.82) is 0 Å². The molecule has 0 radical (unpaired) electrons. The van der Waals surface area contributed by atoms with Crippen molar-refractivity contribution in [3.8, 4) is 5.75 Å². The van der Waals surface area contributed by atoms with Crippen molar-refractivity contribution in [2.24, 2.45) is 0 Å². The first-order valence-electron chi connectivity index (χ1n) is 8.44. The van der Waals surface area contributed by atoms with Gasteiger partial charge in [0.2, 0.25) is 0 Å². The summed E-state index contributed by atoms with van der Waals surface area (Å²) >= 11 is 1.14. The molecule has 0 spiro atoms. The van der Waals surface area contributed by atoms with E-state index in [0.717, 1.165) is 11.3 Å². The monoisotopic (exact) mass is 394 g/mol. The first-order valence-corrected chi connectivity index (χ1v) is 9.26. The quantitative estimate of drug-likeness (QED) is 0.605. The van der Waals surface area contributed by atoms with Crippen molar-refractivity contribution < 1.29 is 19.1 Å². The third-order valence-electron chi connectivity index (χ3n) is 3.94. The van der Waals surface area contributed by atoms with Gasteiger partial charge in [-0.2, -0.15) is 0 Å². The number of anilines is 2. The molecule has 2 aromatic carbocycles. The van der Waals surface area contributed by atoms with Gasteiger partial charge in [-0.15, -0.1) is 11.3 Å². The number of carbonyl (C=O) groups excluding carboxylic acids is 3. The van der Waals surface area contributed by atoms with Crippen LogP contribution in [0.2, 0.25) is 0 Å². The second-order valence-electron chi connectivity index (χ2n) is 5.91. The molecule has 142 valence electrons. The average molecular weight is 394 g/mol. The van der Waals surface area contributed by atoms with Gasteiger partial charge in [0, 0.05) is 11.3 Å². The fourth-order valence-corrected chi connectivity index (χ4v) is 3.29. The largest absolute Gasteiger partial charge is 0.495 e. The maximum Gasteiger partial charge on any atom is 0.265 e. The molecule has 28 heavy (non-hydrogen) atoms. The van der Waals surface area contributed by atoms with Crippen LogP contribution in [-0.4, -0.2) is 24.7 Å². The van der Waals surface area contributed by atoms with Crippen molar-refractivity contribution in [1.82, 2.24) is 0 Å². The van der Waals surface area contributed by atoms with Crippen LogP contribution >= 0.6 is 11.3 Å². The fourth-order valence-electron chi connectivity index (χ4n) is 2.49. The molecular formula is C21H18N2O4S. The Kier molecular flexibility index (Phi) is 5.86. The van der Waals surface area contributed by atoms with Gasteiger partial charge in [0.25, 0.3) is 11.8 Å². The van der Waals surface area contributed by atoms with Gasteiger partial charge in [-0.05, 0) is 55.5 Å². The molecule has 0 saturated heterocycles. The topological polar surface area (TPSA) is 84.5 Å². The Balaban J connectivity index is 1.66. The Labute approximate surface area is 166 Å². The van der Waals surface area contributed by atoms with E-state index in [-0.39, 0.29) is 17.6 Å². The summed E-state index contributed by atoms with van der Waals surface area (Å²) in [4.78, 5) is 37.0. The van der Waals surface area contributed by atoms with Crippen molar-refractivity contribution in [3.05, 3.63) is 76.0 Å². The average Bonchev–Trinajstić information content (AvgIpc) is 3.20. The molecule has 0 aliphatic carbocycles. The molecule has 0 unspecified atom stereocenters. The molecule has 0 aliphatic rings. The van der Waals surface area contributed by atoms with Gasteiger partial charge in [0.15, 0.2) is 5.78 Å². The first kappa shape index (κ1) is 19.3. The molecule has 0 atom stereocenters. The number of methoxy groups -OCH3 is 1. The molecular weight excluding hydrogens is 376 g/mol. The number of rotatable bonds is 6. The van der Waals surface area contributed by atoms with Crippen LogP contribution in [0.5, 0.6) is 5.75 Å². The van der Waals surface area contributed by atoms with Crippen LogP contribution in [0.15, 0.2) is 60.7 Å². The highest BCUT2D eigenvalue weighted by Gasteiger charge is 2.13. The number of hydrogen-bond acceptors (Lipinski definition) is 5. The minimum absolute atomic E-state index is 0.0746. The van der Waals surface area contributed by atoms with E-state index in [0.29, 0.717) is 32.4 Å². The number of benzene rings is 2. The highest BCUT2D eigenvalue weighted by Crippen LogP contribution is 2.24. The summed E-state index contributed by atoms with van der Waals surface area (Å²) in [6.07, 6.45) is 0. The Morgan fingerprint density at radius 2 is 1.50 bits per heavy atom. The van der Waals surface area contributed by atoms with Crippen LogP contribution in [-0.2, 0) is 0 Å². The van der Waals surface area contributed by atoms with Gasteiger partial charge in [0.1, 0.15) is 5.75 Å². The lowest BCUT2D eigenvalue weighted by Crippen LogP contribution is -2.13. The predicted octanol–water partition coefficient (Wildman–Crippen LogP) is 4.46. The number of nitrogens with one attached hydrogen (secondary N) is 2. The fraction of sp³-hybridized carbons (Fsp3) is 0.0952. The van der Waals surface area contributed by atoms with Crippen molar-refractivity contribution in [3.63, 3.8) is 0 Å².